The van der Waals surface area contributed by atoms with Crippen LogP contribution in [0.1, 0.15) is 18.3 Å². The average molecular weight is 386 g/mol. The number of amides is 1. The molecule has 10 nitrogen and oxygen atoms in total. The van der Waals surface area contributed by atoms with Crippen molar-refractivity contribution in [3.8, 4) is 11.5 Å². The van der Waals surface area contributed by atoms with Crippen LogP contribution in [0.15, 0.2) is 40.1 Å². The van der Waals surface area contributed by atoms with E-state index < -0.39 is 4.92 Å². The Labute approximate surface area is 157 Å². The van der Waals surface area contributed by atoms with Crippen molar-refractivity contribution in [2.75, 3.05) is 5.32 Å². The van der Waals surface area contributed by atoms with E-state index in [0.29, 0.717) is 28.2 Å². The van der Waals surface area contributed by atoms with Crippen LogP contribution in [-0.4, -0.2) is 31.0 Å². The van der Waals surface area contributed by atoms with Gasteiger partial charge in [-0.2, -0.15) is 0 Å². The lowest BCUT2D eigenvalue weighted by Gasteiger charge is -2.07. The Balaban J connectivity index is 1.71. The number of aryl methyl sites for hydroxylation is 1. The zero-order chi connectivity index (χ0) is 19.4. The molecule has 2 aromatic heterocycles. The van der Waals surface area contributed by atoms with E-state index in [1.54, 1.807) is 25.3 Å². The summed E-state index contributed by atoms with van der Waals surface area (Å²) in [4.78, 5) is 29.9. The van der Waals surface area contributed by atoms with Crippen LogP contribution in [0.2, 0.25) is 0 Å². The van der Waals surface area contributed by atoms with Crippen LogP contribution in [0, 0.1) is 17.0 Å². The highest BCUT2D eigenvalue weighted by Gasteiger charge is 2.13. The number of non-ortho nitro benzene ring substituents is 1. The third kappa shape index (κ3) is 4.64. The van der Waals surface area contributed by atoms with E-state index in [1.165, 1.54) is 30.8 Å². The number of anilines is 1. The number of aromatic nitrogens is 4. The first-order valence-electron chi connectivity index (χ1n) is 7.73. The van der Waals surface area contributed by atoms with Crippen LogP contribution >= 0.6 is 11.8 Å². The molecule has 0 bridgehead atoms. The Morgan fingerprint density at radius 1 is 1.30 bits per heavy atom. The smallest absolute Gasteiger partial charge is 0.277 e. The summed E-state index contributed by atoms with van der Waals surface area (Å²) in [6, 6.07) is 5.83. The van der Waals surface area contributed by atoms with Gasteiger partial charge in [-0.25, -0.2) is 9.97 Å². The normalized spacial score (nSPS) is 10.6. The Kier molecular flexibility index (Phi) is 5.41. The quantitative estimate of drug-likeness (QED) is 0.385. The predicted molar refractivity (Wildman–Crippen MR) is 97.0 cm³/mol. The molecule has 138 valence electrons. The maximum absolute atomic E-state index is 11.3. The van der Waals surface area contributed by atoms with Crippen molar-refractivity contribution >= 4 is 29.2 Å². The number of carbonyl (C=O) groups is 1. The van der Waals surface area contributed by atoms with E-state index in [9.17, 15) is 14.9 Å². The van der Waals surface area contributed by atoms with Crippen molar-refractivity contribution in [3.63, 3.8) is 0 Å². The molecule has 2 heterocycles. The van der Waals surface area contributed by atoms with Gasteiger partial charge in [-0.3, -0.25) is 14.9 Å². The van der Waals surface area contributed by atoms with Gasteiger partial charge < -0.3 is 9.73 Å². The third-order valence-electron chi connectivity index (χ3n) is 3.36. The van der Waals surface area contributed by atoms with Crippen LogP contribution < -0.4 is 5.32 Å². The predicted octanol–water partition coefficient (Wildman–Crippen LogP) is 2.99. The molecule has 0 aliphatic heterocycles. The van der Waals surface area contributed by atoms with Gasteiger partial charge in [0.2, 0.25) is 11.8 Å². The molecule has 0 spiro atoms. The van der Waals surface area contributed by atoms with E-state index in [4.69, 9.17) is 4.42 Å². The summed E-state index contributed by atoms with van der Waals surface area (Å²) in [6.07, 6.45) is 1.63. The maximum Gasteiger partial charge on any atom is 0.277 e. The molecule has 0 saturated carbocycles. The Hall–Kier alpha value is -3.34. The van der Waals surface area contributed by atoms with Gasteiger partial charge in [-0.1, -0.05) is 11.8 Å². The molecule has 0 fully saturated rings. The van der Waals surface area contributed by atoms with Crippen molar-refractivity contribution in [2.24, 2.45) is 0 Å². The van der Waals surface area contributed by atoms with Crippen molar-refractivity contribution < 1.29 is 14.1 Å². The number of hydrogen-bond acceptors (Lipinski definition) is 9. The summed E-state index contributed by atoms with van der Waals surface area (Å²) in [5.41, 5.74) is 1.28. The number of rotatable bonds is 6. The van der Waals surface area contributed by atoms with Crippen LogP contribution in [0.4, 0.5) is 11.5 Å². The Morgan fingerprint density at radius 3 is 2.70 bits per heavy atom. The zero-order valence-electron chi connectivity index (χ0n) is 14.4. The average Bonchev–Trinajstić information content (AvgIpc) is 3.09. The second-order valence-corrected chi connectivity index (χ2v) is 6.36. The van der Waals surface area contributed by atoms with Crippen LogP contribution in [0.25, 0.3) is 11.5 Å². The van der Waals surface area contributed by atoms with Gasteiger partial charge in [0.15, 0.2) is 0 Å². The lowest BCUT2D eigenvalue weighted by atomic mass is 10.2. The Bertz CT molecular complexity index is 989. The summed E-state index contributed by atoms with van der Waals surface area (Å²) < 4.78 is 5.58. The minimum atomic E-state index is -0.477. The highest BCUT2D eigenvalue weighted by molar-refractivity contribution is 7.98. The number of nitro groups is 1. The molecular weight excluding hydrogens is 372 g/mol. The summed E-state index contributed by atoms with van der Waals surface area (Å²) in [7, 11) is 0. The highest BCUT2D eigenvalue weighted by Crippen LogP contribution is 2.28. The van der Waals surface area contributed by atoms with Gasteiger partial charge >= 0.3 is 0 Å². The van der Waals surface area contributed by atoms with Crippen LogP contribution in [-0.2, 0) is 10.5 Å². The number of hydrogen-bond donors (Lipinski definition) is 1. The molecule has 3 rings (SSSR count). The lowest BCUT2D eigenvalue weighted by molar-refractivity contribution is -0.384. The van der Waals surface area contributed by atoms with E-state index in [1.807, 2.05) is 0 Å². The van der Waals surface area contributed by atoms with Gasteiger partial charge in [0.05, 0.1) is 4.92 Å². The first kappa shape index (κ1) is 18.5. The van der Waals surface area contributed by atoms with Gasteiger partial charge in [-0.05, 0) is 19.1 Å². The fourth-order valence-electron chi connectivity index (χ4n) is 2.13. The molecular formula is C16H14N6O4S. The largest absolute Gasteiger partial charge is 0.411 e. The van der Waals surface area contributed by atoms with Crippen LogP contribution in [0.5, 0.6) is 0 Å². The van der Waals surface area contributed by atoms with E-state index in [-0.39, 0.29) is 17.5 Å². The summed E-state index contributed by atoms with van der Waals surface area (Å²) >= 11 is 1.26. The molecule has 0 radical (unpaired) electrons. The fourth-order valence-corrected chi connectivity index (χ4v) is 2.85. The summed E-state index contributed by atoms with van der Waals surface area (Å²) in [5.74, 6) is 1.44. The monoisotopic (exact) mass is 386 g/mol. The van der Waals surface area contributed by atoms with E-state index >= 15 is 0 Å². The first-order valence-corrected chi connectivity index (χ1v) is 8.72. The Morgan fingerprint density at radius 2 is 2.04 bits per heavy atom. The second kappa shape index (κ2) is 7.91. The van der Waals surface area contributed by atoms with E-state index in [0.717, 1.165) is 5.56 Å². The third-order valence-corrected chi connectivity index (χ3v) is 4.23. The number of nitrogens with zero attached hydrogens (tertiary/aromatic N) is 5. The molecule has 0 unspecified atom stereocenters. The topological polar surface area (TPSA) is 137 Å². The molecule has 11 heteroatoms. The molecule has 0 saturated heterocycles. The maximum atomic E-state index is 11.3. The summed E-state index contributed by atoms with van der Waals surface area (Å²) in [6.45, 7) is 3.14. The zero-order valence-corrected chi connectivity index (χ0v) is 15.2. The number of benzene rings is 1. The van der Waals surface area contributed by atoms with Gasteiger partial charge in [0.1, 0.15) is 11.6 Å². The molecule has 3 aromatic rings. The molecule has 0 aliphatic rings. The fraction of sp³-hybridized carbons (Fsp3) is 0.188. The minimum absolute atomic E-state index is 0.0160. The van der Waals surface area contributed by atoms with Crippen molar-refractivity contribution in [1.29, 1.82) is 0 Å². The minimum Gasteiger partial charge on any atom is -0.411 e. The molecule has 1 aromatic carbocycles. The highest BCUT2D eigenvalue weighted by atomic mass is 32.2. The van der Waals surface area contributed by atoms with Crippen molar-refractivity contribution in [3.05, 3.63) is 52.0 Å². The lowest BCUT2D eigenvalue weighted by Crippen LogP contribution is -2.11. The van der Waals surface area contributed by atoms with Gasteiger partial charge in [0, 0.05) is 42.1 Å². The number of nitrogens with one attached hydrogen (secondary N) is 1. The van der Waals surface area contributed by atoms with Gasteiger partial charge in [0.25, 0.3) is 10.9 Å². The molecule has 1 N–H and O–H groups in total. The summed E-state index contributed by atoms with van der Waals surface area (Å²) in [5, 5.41) is 21.6. The SMILES string of the molecule is CC(=O)Nc1nc(C)ncc1CSc1nnc(-c2ccc([N+](=O)[O-])cc2)o1. The van der Waals surface area contributed by atoms with Gasteiger partial charge in [-0.15, -0.1) is 10.2 Å². The number of nitro benzene ring substituents is 1. The first-order chi connectivity index (χ1) is 12.9. The molecule has 27 heavy (non-hydrogen) atoms. The standard InChI is InChI=1S/C16H14N6O4S/c1-9-17-7-12(14(18-9)19-10(2)23)8-27-16-21-20-15(26-16)11-3-5-13(6-4-11)22(24)25/h3-7H,8H2,1-2H3,(H,17,18,19,23). The number of thioether (sulfide) groups is 1. The second-order valence-electron chi connectivity index (χ2n) is 5.44. The molecule has 0 atom stereocenters. The molecule has 0 aliphatic carbocycles. The van der Waals surface area contributed by atoms with Crippen molar-refractivity contribution in [1.82, 2.24) is 20.2 Å². The number of carbonyl (C=O) groups excluding carboxylic acids is 1. The van der Waals surface area contributed by atoms with Crippen LogP contribution in [0.3, 0.4) is 0 Å². The van der Waals surface area contributed by atoms with E-state index in [2.05, 4.69) is 25.5 Å². The van der Waals surface area contributed by atoms with Crippen molar-refractivity contribution in [2.45, 2.75) is 24.8 Å². The molecule has 1 amide bonds.